The second-order valence-electron chi connectivity index (χ2n) is 7.02. The van der Waals surface area contributed by atoms with Crippen LogP contribution in [0.5, 0.6) is 11.5 Å². The predicted molar refractivity (Wildman–Crippen MR) is 114 cm³/mol. The van der Waals surface area contributed by atoms with Crippen molar-refractivity contribution in [3.8, 4) is 11.5 Å². The van der Waals surface area contributed by atoms with E-state index in [0.717, 1.165) is 18.4 Å². The summed E-state index contributed by atoms with van der Waals surface area (Å²) in [4.78, 5) is 12.4. The van der Waals surface area contributed by atoms with Gasteiger partial charge in [0.05, 0.1) is 13.2 Å². The van der Waals surface area contributed by atoms with Gasteiger partial charge in [0.2, 0.25) is 10.0 Å². The Balaban J connectivity index is 1.70. The van der Waals surface area contributed by atoms with Crippen LogP contribution in [0.15, 0.2) is 47.4 Å². The lowest BCUT2D eigenvalue weighted by molar-refractivity contribution is -0.123. The van der Waals surface area contributed by atoms with Crippen molar-refractivity contribution in [1.82, 2.24) is 9.62 Å². The quantitative estimate of drug-likeness (QED) is 0.663. The van der Waals surface area contributed by atoms with Crippen molar-refractivity contribution in [2.75, 3.05) is 26.8 Å². The fourth-order valence-corrected chi connectivity index (χ4v) is 5.31. The van der Waals surface area contributed by atoms with Crippen LogP contribution in [-0.4, -0.2) is 45.4 Å². The van der Waals surface area contributed by atoms with Crippen LogP contribution in [-0.2, 0) is 14.8 Å². The molecule has 0 unspecified atom stereocenters. The van der Waals surface area contributed by atoms with Crippen molar-refractivity contribution in [3.05, 3.63) is 53.1 Å². The number of nitrogens with zero attached hydrogens (tertiary/aromatic N) is 1. The van der Waals surface area contributed by atoms with Crippen LogP contribution in [0.1, 0.15) is 31.4 Å². The molecule has 3 rings (SSSR count). The third-order valence-electron chi connectivity index (χ3n) is 4.93. The Morgan fingerprint density at radius 2 is 1.87 bits per heavy atom. The van der Waals surface area contributed by atoms with Gasteiger partial charge in [-0.25, -0.2) is 8.42 Å². The number of carbonyl (C=O) groups is 1. The fourth-order valence-electron chi connectivity index (χ4n) is 3.40. The molecule has 0 bridgehead atoms. The summed E-state index contributed by atoms with van der Waals surface area (Å²) >= 11 is 6.03. The Morgan fingerprint density at radius 3 is 2.57 bits per heavy atom. The van der Waals surface area contributed by atoms with Gasteiger partial charge in [-0.2, -0.15) is 4.31 Å². The number of para-hydroxylation sites is 1. The largest absolute Gasteiger partial charge is 0.496 e. The summed E-state index contributed by atoms with van der Waals surface area (Å²) in [6.45, 7) is 2.43. The predicted octanol–water partition coefficient (Wildman–Crippen LogP) is 3.39. The van der Waals surface area contributed by atoms with Crippen molar-refractivity contribution < 1.29 is 22.7 Å². The van der Waals surface area contributed by atoms with E-state index in [0.29, 0.717) is 18.8 Å². The molecule has 0 saturated carbocycles. The van der Waals surface area contributed by atoms with Crippen molar-refractivity contribution >= 4 is 27.5 Å². The summed E-state index contributed by atoms with van der Waals surface area (Å²) in [5, 5.41) is 3.12. The highest BCUT2D eigenvalue weighted by molar-refractivity contribution is 7.89. The summed E-state index contributed by atoms with van der Waals surface area (Å²) < 4.78 is 38.2. The smallest absolute Gasteiger partial charge is 0.258 e. The van der Waals surface area contributed by atoms with Crippen molar-refractivity contribution in [2.24, 2.45) is 0 Å². The van der Waals surface area contributed by atoms with Gasteiger partial charge in [0, 0.05) is 23.7 Å². The maximum Gasteiger partial charge on any atom is 0.258 e. The maximum absolute atomic E-state index is 13.0. The molecule has 1 N–H and O–H groups in total. The monoisotopic (exact) mass is 452 g/mol. The molecule has 1 aliphatic heterocycles. The van der Waals surface area contributed by atoms with Crippen molar-refractivity contribution in [3.63, 3.8) is 0 Å². The molecule has 9 heteroatoms. The average Bonchev–Trinajstić information content (AvgIpc) is 3.28. The third kappa shape index (κ3) is 5.06. The van der Waals surface area contributed by atoms with Gasteiger partial charge in [-0.15, -0.1) is 0 Å². The zero-order chi connectivity index (χ0) is 21.7. The summed E-state index contributed by atoms with van der Waals surface area (Å²) in [5.41, 5.74) is 0.831. The van der Waals surface area contributed by atoms with E-state index in [2.05, 4.69) is 5.32 Å². The Kier molecular flexibility index (Phi) is 7.23. The molecular weight excluding hydrogens is 428 g/mol. The number of sulfonamides is 1. The van der Waals surface area contributed by atoms with E-state index in [9.17, 15) is 13.2 Å². The molecular formula is C21H25ClN2O5S. The third-order valence-corrected chi connectivity index (χ3v) is 7.09. The minimum atomic E-state index is -3.74. The SMILES string of the molecule is COc1ccccc1[C@H](C)NC(=O)COc1ccc(Cl)cc1S(=O)(=O)N1CCCC1. The van der Waals surface area contributed by atoms with Crippen LogP contribution in [0, 0.1) is 0 Å². The first kappa shape index (κ1) is 22.4. The number of hydrogen-bond acceptors (Lipinski definition) is 5. The van der Waals surface area contributed by atoms with Gasteiger partial charge in [-0.05, 0) is 44.0 Å². The number of hydrogen-bond donors (Lipinski definition) is 1. The Bertz CT molecular complexity index is 1010. The molecule has 1 fully saturated rings. The fraction of sp³-hybridized carbons (Fsp3) is 0.381. The summed E-state index contributed by atoms with van der Waals surface area (Å²) in [5.74, 6) is 0.391. The number of nitrogens with one attached hydrogen (secondary N) is 1. The molecule has 1 aliphatic rings. The highest BCUT2D eigenvalue weighted by Crippen LogP contribution is 2.31. The lowest BCUT2D eigenvalue weighted by Gasteiger charge is -2.19. The molecule has 30 heavy (non-hydrogen) atoms. The lowest BCUT2D eigenvalue weighted by Crippen LogP contribution is -2.32. The van der Waals surface area contributed by atoms with Crippen LogP contribution < -0.4 is 14.8 Å². The van der Waals surface area contributed by atoms with E-state index in [1.807, 2.05) is 31.2 Å². The van der Waals surface area contributed by atoms with Crippen LogP contribution in [0.25, 0.3) is 0 Å². The van der Waals surface area contributed by atoms with Gasteiger partial charge >= 0.3 is 0 Å². The molecule has 0 spiro atoms. The first-order chi connectivity index (χ1) is 14.3. The first-order valence-electron chi connectivity index (χ1n) is 9.67. The number of carbonyl (C=O) groups excluding carboxylic acids is 1. The summed E-state index contributed by atoms with van der Waals surface area (Å²) in [7, 11) is -2.17. The van der Waals surface area contributed by atoms with E-state index in [-0.39, 0.29) is 34.2 Å². The van der Waals surface area contributed by atoms with E-state index in [4.69, 9.17) is 21.1 Å². The first-order valence-corrected chi connectivity index (χ1v) is 11.5. The molecule has 1 atom stereocenters. The zero-order valence-electron chi connectivity index (χ0n) is 16.9. The number of benzene rings is 2. The Morgan fingerprint density at radius 1 is 1.17 bits per heavy atom. The summed E-state index contributed by atoms with van der Waals surface area (Å²) in [6.07, 6.45) is 1.64. The molecule has 1 amide bonds. The van der Waals surface area contributed by atoms with Crippen LogP contribution >= 0.6 is 11.6 Å². The number of amides is 1. The van der Waals surface area contributed by atoms with Crippen LogP contribution in [0.2, 0.25) is 5.02 Å². The average molecular weight is 453 g/mol. The Labute approximate surface area is 182 Å². The van der Waals surface area contributed by atoms with Gasteiger partial charge in [0.15, 0.2) is 6.61 Å². The van der Waals surface area contributed by atoms with E-state index < -0.39 is 10.0 Å². The van der Waals surface area contributed by atoms with Crippen molar-refractivity contribution in [1.29, 1.82) is 0 Å². The molecule has 1 heterocycles. The summed E-state index contributed by atoms with van der Waals surface area (Å²) in [6, 6.07) is 11.5. The molecule has 0 aromatic heterocycles. The van der Waals surface area contributed by atoms with E-state index in [1.165, 1.54) is 22.5 Å². The molecule has 2 aromatic carbocycles. The number of rotatable bonds is 8. The molecule has 1 saturated heterocycles. The molecule has 7 nitrogen and oxygen atoms in total. The molecule has 0 aliphatic carbocycles. The Hall–Kier alpha value is -2.29. The van der Waals surface area contributed by atoms with E-state index >= 15 is 0 Å². The van der Waals surface area contributed by atoms with Gasteiger partial charge in [0.1, 0.15) is 16.4 Å². The van der Waals surface area contributed by atoms with Gasteiger partial charge < -0.3 is 14.8 Å². The van der Waals surface area contributed by atoms with Gasteiger partial charge in [-0.1, -0.05) is 29.8 Å². The minimum Gasteiger partial charge on any atom is -0.496 e. The number of methoxy groups -OCH3 is 1. The topological polar surface area (TPSA) is 84.9 Å². The zero-order valence-corrected chi connectivity index (χ0v) is 18.5. The van der Waals surface area contributed by atoms with Crippen LogP contribution in [0.4, 0.5) is 0 Å². The second-order valence-corrected chi connectivity index (χ2v) is 9.36. The maximum atomic E-state index is 13.0. The normalized spacial score (nSPS) is 15.6. The second kappa shape index (κ2) is 9.68. The number of ether oxygens (including phenoxy) is 2. The number of halogens is 1. The highest BCUT2D eigenvalue weighted by Gasteiger charge is 2.30. The lowest BCUT2D eigenvalue weighted by atomic mass is 10.1. The molecule has 2 aromatic rings. The minimum absolute atomic E-state index is 0.0255. The van der Waals surface area contributed by atoms with Gasteiger partial charge in [0.25, 0.3) is 5.91 Å². The molecule has 0 radical (unpaired) electrons. The van der Waals surface area contributed by atoms with Gasteiger partial charge in [-0.3, -0.25) is 4.79 Å². The van der Waals surface area contributed by atoms with Crippen LogP contribution in [0.3, 0.4) is 0 Å². The molecule has 162 valence electrons. The van der Waals surface area contributed by atoms with Crippen molar-refractivity contribution in [2.45, 2.75) is 30.7 Å². The highest BCUT2D eigenvalue weighted by atomic mass is 35.5. The standard InChI is InChI=1S/C21H25ClN2O5S/c1-15(17-7-3-4-8-18(17)28-2)23-21(25)14-29-19-10-9-16(22)13-20(19)30(26,27)24-11-5-6-12-24/h3-4,7-10,13,15H,5-6,11-12,14H2,1-2H3,(H,23,25)/t15-/m0/s1. The van der Waals surface area contributed by atoms with E-state index in [1.54, 1.807) is 7.11 Å².